The molecule has 0 aliphatic heterocycles. The molecule has 1 aliphatic rings. The third kappa shape index (κ3) is 1.48. The molecule has 0 unspecified atom stereocenters. The molecule has 0 atom stereocenters. The average Bonchev–Trinajstić information content (AvgIpc) is 2.19. The van der Waals surface area contributed by atoms with Crippen LogP contribution in [0.25, 0.3) is 0 Å². The van der Waals surface area contributed by atoms with Crippen LogP contribution in [-0.4, -0.2) is 6.61 Å². The highest BCUT2D eigenvalue weighted by Gasteiger charge is 2.13. The van der Waals surface area contributed by atoms with E-state index in [0.717, 1.165) is 12.5 Å². The summed E-state index contributed by atoms with van der Waals surface area (Å²) in [5.41, 5.74) is 0. The summed E-state index contributed by atoms with van der Waals surface area (Å²) in [4.78, 5) is 0. The lowest BCUT2D eigenvalue weighted by Gasteiger charge is -2.03. The maximum absolute atomic E-state index is 4.78. The van der Waals surface area contributed by atoms with E-state index in [9.17, 15) is 0 Å². The molecule has 1 nitrogen and oxygen atoms in total. The number of ether oxygens (including phenoxy) is 1. The zero-order valence-corrected chi connectivity index (χ0v) is 5.23. The zero-order chi connectivity index (χ0) is 5.82. The molecule has 1 radical (unpaired) electrons. The monoisotopic (exact) mass is 113 g/mol. The lowest BCUT2D eigenvalue weighted by molar-refractivity contribution is 0.191. The van der Waals surface area contributed by atoms with Gasteiger partial charge in [0.1, 0.15) is 0 Å². The molecule has 0 heterocycles. The fourth-order valence-corrected chi connectivity index (χ4v) is 1.34. The van der Waals surface area contributed by atoms with Crippen LogP contribution in [0.2, 0.25) is 0 Å². The van der Waals surface area contributed by atoms with Crippen LogP contribution in [0.1, 0.15) is 25.7 Å². The highest BCUT2D eigenvalue weighted by molar-refractivity contribution is 4.65. The minimum absolute atomic E-state index is 0.826. The van der Waals surface area contributed by atoms with Gasteiger partial charge in [-0.3, -0.25) is 0 Å². The lowest BCUT2D eigenvalue weighted by atomic mass is 10.1. The Morgan fingerprint density at radius 2 is 2.00 bits per heavy atom. The fourth-order valence-electron chi connectivity index (χ4n) is 1.34. The predicted octanol–water partition coefficient (Wildman–Crippen LogP) is 1.98. The van der Waals surface area contributed by atoms with Gasteiger partial charge < -0.3 is 4.74 Å². The van der Waals surface area contributed by atoms with E-state index >= 15 is 0 Å². The maximum Gasteiger partial charge on any atom is 0.0700 e. The Bertz CT molecular complexity index is 55.4. The van der Waals surface area contributed by atoms with Gasteiger partial charge in [-0.25, -0.2) is 0 Å². The second kappa shape index (κ2) is 3.08. The second-order valence-electron chi connectivity index (χ2n) is 2.52. The van der Waals surface area contributed by atoms with Gasteiger partial charge in [0, 0.05) is 6.61 Å². The van der Waals surface area contributed by atoms with Crippen molar-refractivity contribution in [3.8, 4) is 0 Å². The van der Waals surface area contributed by atoms with Crippen LogP contribution < -0.4 is 0 Å². The molecule has 1 saturated carbocycles. The Balaban J connectivity index is 2.06. The summed E-state index contributed by atoms with van der Waals surface area (Å²) in [6, 6.07) is 0. The molecule has 47 valence electrons. The standard InChI is InChI=1S/C7H13O/c1-8-6-7-4-2-3-5-7/h7H,1-6H2. The van der Waals surface area contributed by atoms with Crippen molar-refractivity contribution in [2.75, 3.05) is 6.61 Å². The first-order valence-electron chi connectivity index (χ1n) is 3.30. The van der Waals surface area contributed by atoms with Crippen LogP contribution in [0.4, 0.5) is 0 Å². The summed E-state index contributed by atoms with van der Waals surface area (Å²) >= 11 is 0. The van der Waals surface area contributed by atoms with Crippen molar-refractivity contribution in [1.29, 1.82) is 0 Å². The van der Waals surface area contributed by atoms with Gasteiger partial charge in [0.15, 0.2) is 0 Å². The van der Waals surface area contributed by atoms with E-state index in [2.05, 4.69) is 7.11 Å². The quantitative estimate of drug-likeness (QED) is 0.532. The molecule has 1 rings (SSSR count). The van der Waals surface area contributed by atoms with Crippen molar-refractivity contribution >= 4 is 0 Å². The summed E-state index contributed by atoms with van der Waals surface area (Å²) in [6.45, 7) is 0.875. The van der Waals surface area contributed by atoms with Crippen molar-refractivity contribution < 1.29 is 4.74 Å². The third-order valence-corrected chi connectivity index (χ3v) is 1.83. The number of rotatable bonds is 2. The molecular weight excluding hydrogens is 100 g/mol. The molecule has 0 aromatic rings. The van der Waals surface area contributed by atoms with Crippen LogP contribution in [0.15, 0.2) is 0 Å². The molecule has 0 spiro atoms. The first-order valence-corrected chi connectivity index (χ1v) is 3.30. The van der Waals surface area contributed by atoms with Gasteiger partial charge >= 0.3 is 0 Å². The first kappa shape index (κ1) is 6.09. The van der Waals surface area contributed by atoms with E-state index in [4.69, 9.17) is 4.74 Å². The Labute approximate surface area is 51.0 Å². The first-order chi connectivity index (χ1) is 3.93. The molecule has 0 N–H and O–H groups in total. The van der Waals surface area contributed by atoms with Crippen molar-refractivity contribution in [2.24, 2.45) is 5.92 Å². The van der Waals surface area contributed by atoms with Gasteiger partial charge in [0.2, 0.25) is 0 Å². The second-order valence-corrected chi connectivity index (χ2v) is 2.52. The highest BCUT2D eigenvalue weighted by Crippen LogP contribution is 2.24. The van der Waals surface area contributed by atoms with Gasteiger partial charge in [-0.15, -0.1) is 0 Å². The molecule has 0 aromatic heterocycles. The maximum atomic E-state index is 4.78. The summed E-state index contributed by atoms with van der Waals surface area (Å²) in [7, 11) is 3.35. The summed E-state index contributed by atoms with van der Waals surface area (Å²) in [6.07, 6.45) is 5.51. The van der Waals surface area contributed by atoms with Crippen LogP contribution in [0.5, 0.6) is 0 Å². The molecule has 0 bridgehead atoms. The minimum atomic E-state index is 0.826. The molecule has 0 amide bonds. The Hall–Kier alpha value is -0.0400. The van der Waals surface area contributed by atoms with Crippen molar-refractivity contribution in [3.05, 3.63) is 7.11 Å². The van der Waals surface area contributed by atoms with Crippen molar-refractivity contribution in [3.63, 3.8) is 0 Å². The number of hydrogen-bond acceptors (Lipinski definition) is 1. The van der Waals surface area contributed by atoms with Crippen LogP contribution in [-0.2, 0) is 4.74 Å². The Morgan fingerprint density at radius 1 is 1.38 bits per heavy atom. The van der Waals surface area contributed by atoms with Crippen molar-refractivity contribution in [2.45, 2.75) is 25.7 Å². The zero-order valence-electron chi connectivity index (χ0n) is 5.23. The van der Waals surface area contributed by atoms with Crippen LogP contribution >= 0.6 is 0 Å². The SMILES string of the molecule is [CH2]OCC1CCCC1. The van der Waals surface area contributed by atoms with E-state index in [0.29, 0.717) is 0 Å². The molecule has 1 fully saturated rings. The predicted molar refractivity (Wildman–Crippen MR) is 33.3 cm³/mol. The third-order valence-electron chi connectivity index (χ3n) is 1.83. The van der Waals surface area contributed by atoms with E-state index in [1.54, 1.807) is 0 Å². The minimum Gasteiger partial charge on any atom is -0.379 e. The van der Waals surface area contributed by atoms with E-state index in [1.165, 1.54) is 25.7 Å². The molecule has 0 aromatic carbocycles. The normalized spacial score (nSPS) is 22.1. The summed E-state index contributed by atoms with van der Waals surface area (Å²) in [5, 5.41) is 0. The largest absolute Gasteiger partial charge is 0.379 e. The molecule has 8 heavy (non-hydrogen) atoms. The lowest BCUT2D eigenvalue weighted by Crippen LogP contribution is -2.00. The van der Waals surface area contributed by atoms with Crippen molar-refractivity contribution in [1.82, 2.24) is 0 Å². The van der Waals surface area contributed by atoms with E-state index < -0.39 is 0 Å². The van der Waals surface area contributed by atoms with Gasteiger partial charge in [0.05, 0.1) is 7.11 Å². The Morgan fingerprint density at radius 3 is 2.50 bits per heavy atom. The van der Waals surface area contributed by atoms with Gasteiger partial charge in [0.25, 0.3) is 0 Å². The smallest absolute Gasteiger partial charge is 0.0700 e. The molecular formula is C7H13O. The van der Waals surface area contributed by atoms with Crippen LogP contribution in [0, 0.1) is 13.0 Å². The van der Waals surface area contributed by atoms with Gasteiger partial charge in [-0.2, -0.15) is 0 Å². The molecule has 1 heteroatoms. The van der Waals surface area contributed by atoms with Gasteiger partial charge in [-0.1, -0.05) is 12.8 Å². The molecule has 1 aliphatic carbocycles. The summed E-state index contributed by atoms with van der Waals surface area (Å²) < 4.78 is 4.78. The summed E-state index contributed by atoms with van der Waals surface area (Å²) in [5.74, 6) is 0.826. The van der Waals surface area contributed by atoms with Gasteiger partial charge in [-0.05, 0) is 18.8 Å². The molecule has 0 saturated heterocycles. The average molecular weight is 113 g/mol. The van der Waals surface area contributed by atoms with Crippen LogP contribution in [0.3, 0.4) is 0 Å². The topological polar surface area (TPSA) is 9.23 Å². The number of hydrogen-bond donors (Lipinski definition) is 0. The van der Waals surface area contributed by atoms with E-state index in [-0.39, 0.29) is 0 Å². The Kier molecular flexibility index (Phi) is 2.34. The van der Waals surface area contributed by atoms with E-state index in [1.807, 2.05) is 0 Å². The highest BCUT2D eigenvalue weighted by atomic mass is 16.5. The fraction of sp³-hybridized carbons (Fsp3) is 0.857.